The molecule has 102 valence electrons. The topological polar surface area (TPSA) is 49.9 Å². The first-order valence-corrected chi connectivity index (χ1v) is 6.65. The molecule has 2 rings (SSSR count). The van der Waals surface area contributed by atoms with Gasteiger partial charge in [-0.3, -0.25) is 5.10 Å². The van der Waals surface area contributed by atoms with E-state index in [2.05, 4.69) is 34.6 Å². The maximum absolute atomic E-state index is 5.52. The number of ether oxygens (including phenoxy) is 1. The van der Waals surface area contributed by atoms with Crippen LogP contribution in [0.5, 0.6) is 5.75 Å². The van der Waals surface area contributed by atoms with Gasteiger partial charge in [-0.25, -0.2) is 0 Å². The third kappa shape index (κ3) is 3.58. The third-order valence-corrected chi connectivity index (χ3v) is 3.20. The van der Waals surface area contributed by atoms with E-state index in [0.29, 0.717) is 6.61 Å². The van der Waals surface area contributed by atoms with Gasteiger partial charge in [0.1, 0.15) is 5.75 Å². The van der Waals surface area contributed by atoms with Gasteiger partial charge in [0.05, 0.1) is 12.8 Å². The van der Waals surface area contributed by atoms with E-state index >= 15 is 0 Å². The van der Waals surface area contributed by atoms with E-state index in [1.807, 2.05) is 32.2 Å². The lowest BCUT2D eigenvalue weighted by Gasteiger charge is -2.15. The first kappa shape index (κ1) is 13.6. The normalized spacial score (nSPS) is 12.4. The van der Waals surface area contributed by atoms with E-state index in [9.17, 15) is 0 Å². The fraction of sp³-hybridized carbons (Fsp3) is 0.400. The molecule has 2 aromatic rings. The molecule has 0 aliphatic carbocycles. The van der Waals surface area contributed by atoms with Crippen LogP contribution in [0.3, 0.4) is 0 Å². The van der Waals surface area contributed by atoms with Gasteiger partial charge in [-0.05, 0) is 38.5 Å². The van der Waals surface area contributed by atoms with E-state index in [1.165, 1.54) is 11.1 Å². The van der Waals surface area contributed by atoms with Gasteiger partial charge in [-0.15, -0.1) is 0 Å². The number of hydrogen-bond donors (Lipinski definition) is 2. The van der Waals surface area contributed by atoms with Gasteiger partial charge in [-0.1, -0.05) is 12.1 Å². The maximum Gasteiger partial charge on any atom is 0.119 e. The quantitative estimate of drug-likeness (QED) is 0.838. The van der Waals surface area contributed by atoms with Crippen LogP contribution in [0.25, 0.3) is 0 Å². The molecule has 1 atom stereocenters. The average Bonchev–Trinajstić information content (AvgIpc) is 2.82. The molecule has 2 N–H and O–H groups in total. The fourth-order valence-electron chi connectivity index (χ4n) is 1.98. The molecule has 1 heterocycles. The summed E-state index contributed by atoms with van der Waals surface area (Å²) in [6, 6.07) is 8.49. The van der Waals surface area contributed by atoms with Crippen LogP contribution in [0.4, 0.5) is 0 Å². The molecule has 0 aliphatic rings. The minimum Gasteiger partial charge on any atom is -0.494 e. The summed E-state index contributed by atoms with van der Waals surface area (Å²) in [6.07, 6.45) is 1.87. The largest absolute Gasteiger partial charge is 0.494 e. The Morgan fingerprint density at radius 2 is 2.26 bits per heavy atom. The first-order chi connectivity index (χ1) is 9.20. The predicted molar refractivity (Wildman–Crippen MR) is 76.2 cm³/mol. The number of hydrogen-bond acceptors (Lipinski definition) is 3. The van der Waals surface area contributed by atoms with Crippen molar-refractivity contribution < 1.29 is 4.74 Å². The number of aryl methyl sites for hydroxylation is 1. The molecule has 0 saturated heterocycles. The molecule has 1 aromatic heterocycles. The van der Waals surface area contributed by atoms with Gasteiger partial charge in [0.2, 0.25) is 0 Å². The third-order valence-electron chi connectivity index (χ3n) is 3.20. The number of rotatable bonds is 6. The standard InChI is InChI=1S/C15H21N3O/c1-4-19-15-7-5-6-13(8-15)11(2)16-9-14-10-17-18-12(14)3/h5-8,10-11,16H,4,9H2,1-3H3,(H,17,18). The Morgan fingerprint density at radius 3 is 2.95 bits per heavy atom. The van der Waals surface area contributed by atoms with Crippen LogP contribution < -0.4 is 10.1 Å². The lowest BCUT2D eigenvalue weighted by atomic mass is 10.1. The summed E-state index contributed by atoms with van der Waals surface area (Å²) in [5.41, 5.74) is 3.54. The summed E-state index contributed by atoms with van der Waals surface area (Å²) in [5, 5.41) is 10.5. The van der Waals surface area contributed by atoms with Crippen molar-refractivity contribution in [2.24, 2.45) is 0 Å². The average molecular weight is 259 g/mol. The molecule has 0 aliphatic heterocycles. The molecular formula is C15H21N3O. The van der Waals surface area contributed by atoms with Crippen LogP contribution in [0, 0.1) is 6.92 Å². The van der Waals surface area contributed by atoms with Crippen molar-refractivity contribution in [2.45, 2.75) is 33.4 Å². The second-order valence-corrected chi connectivity index (χ2v) is 4.63. The van der Waals surface area contributed by atoms with Gasteiger partial charge in [0, 0.05) is 23.8 Å². The summed E-state index contributed by atoms with van der Waals surface area (Å²) < 4.78 is 5.52. The SMILES string of the molecule is CCOc1cccc(C(C)NCc2cn[nH]c2C)c1. The number of nitrogens with zero attached hydrogens (tertiary/aromatic N) is 1. The molecular weight excluding hydrogens is 238 g/mol. The van der Waals surface area contributed by atoms with Crippen LogP contribution in [-0.2, 0) is 6.54 Å². The summed E-state index contributed by atoms with van der Waals surface area (Å²) in [7, 11) is 0. The number of aromatic amines is 1. The Bertz CT molecular complexity index is 522. The van der Waals surface area contributed by atoms with Gasteiger partial charge < -0.3 is 10.1 Å². The molecule has 0 bridgehead atoms. The molecule has 4 heteroatoms. The van der Waals surface area contributed by atoms with Crippen LogP contribution in [0.1, 0.15) is 36.7 Å². The second-order valence-electron chi connectivity index (χ2n) is 4.63. The summed E-state index contributed by atoms with van der Waals surface area (Å²) >= 11 is 0. The second kappa shape index (κ2) is 6.38. The number of benzene rings is 1. The van der Waals surface area contributed by atoms with Crippen molar-refractivity contribution in [3.63, 3.8) is 0 Å². The molecule has 0 radical (unpaired) electrons. The molecule has 0 fully saturated rings. The van der Waals surface area contributed by atoms with Crippen LogP contribution in [-0.4, -0.2) is 16.8 Å². The van der Waals surface area contributed by atoms with E-state index < -0.39 is 0 Å². The zero-order valence-corrected chi connectivity index (χ0v) is 11.7. The van der Waals surface area contributed by atoms with Crippen molar-refractivity contribution in [3.8, 4) is 5.75 Å². The van der Waals surface area contributed by atoms with Crippen LogP contribution >= 0.6 is 0 Å². The Hall–Kier alpha value is -1.81. The summed E-state index contributed by atoms with van der Waals surface area (Å²) in [5.74, 6) is 0.924. The van der Waals surface area contributed by atoms with Crippen molar-refractivity contribution in [3.05, 3.63) is 47.3 Å². The van der Waals surface area contributed by atoms with Gasteiger partial charge in [-0.2, -0.15) is 5.10 Å². The van der Waals surface area contributed by atoms with E-state index in [0.717, 1.165) is 18.0 Å². The minimum absolute atomic E-state index is 0.273. The summed E-state index contributed by atoms with van der Waals surface area (Å²) in [4.78, 5) is 0. The van der Waals surface area contributed by atoms with E-state index in [4.69, 9.17) is 4.74 Å². The Kier molecular flexibility index (Phi) is 4.58. The molecule has 0 saturated carbocycles. The van der Waals surface area contributed by atoms with Crippen LogP contribution in [0.15, 0.2) is 30.5 Å². The molecule has 0 spiro atoms. The van der Waals surface area contributed by atoms with Crippen molar-refractivity contribution in [2.75, 3.05) is 6.61 Å². The van der Waals surface area contributed by atoms with Crippen LogP contribution in [0.2, 0.25) is 0 Å². The van der Waals surface area contributed by atoms with Crippen molar-refractivity contribution in [1.29, 1.82) is 0 Å². The fourth-order valence-corrected chi connectivity index (χ4v) is 1.98. The van der Waals surface area contributed by atoms with Crippen molar-refractivity contribution >= 4 is 0 Å². The lowest BCUT2D eigenvalue weighted by Crippen LogP contribution is -2.18. The monoisotopic (exact) mass is 259 g/mol. The van der Waals surface area contributed by atoms with Gasteiger partial charge >= 0.3 is 0 Å². The highest BCUT2D eigenvalue weighted by Crippen LogP contribution is 2.19. The zero-order valence-electron chi connectivity index (χ0n) is 11.7. The zero-order chi connectivity index (χ0) is 13.7. The van der Waals surface area contributed by atoms with Gasteiger partial charge in [0.15, 0.2) is 0 Å². The van der Waals surface area contributed by atoms with Crippen molar-refractivity contribution in [1.82, 2.24) is 15.5 Å². The lowest BCUT2D eigenvalue weighted by molar-refractivity contribution is 0.339. The predicted octanol–water partition coefficient (Wildman–Crippen LogP) is 2.97. The first-order valence-electron chi connectivity index (χ1n) is 6.65. The number of H-pyrrole nitrogens is 1. The summed E-state index contributed by atoms with van der Waals surface area (Å²) in [6.45, 7) is 7.68. The Morgan fingerprint density at radius 1 is 1.42 bits per heavy atom. The maximum atomic E-state index is 5.52. The smallest absolute Gasteiger partial charge is 0.119 e. The molecule has 0 amide bonds. The molecule has 1 aromatic carbocycles. The molecule has 19 heavy (non-hydrogen) atoms. The van der Waals surface area contributed by atoms with E-state index in [1.54, 1.807) is 0 Å². The number of nitrogens with one attached hydrogen (secondary N) is 2. The van der Waals surface area contributed by atoms with E-state index in [-0.39, 0.29) is 6.04 Å². The molecule has 1 unspecified atom stereocenters. The highest BCUT2D eigenvalue weighted by molar-refractivity contribution is 5.30. The minimum atomic E-state index is 0.273. The van der Waals surface area contributed by atoms with Gasteiger partial charge in [0.25, 0.3) is 0 Å². The molecule has 4 nitrogen and oxygen atoms in total. The number of aromatic nitrogens is 2. The highest BCUT2D eigenvalue weighted by atomic mass is 16.5. The Balaban J connectivity index is 1.97. The highest BCUT2D eigenvalue weighted by Gasteiger charge is 2.07. The Labute approximate surface area is 114 Å².